The number of hydrogen-bond donors (Lipinski definition) is 1. The Balaban J connectivity index is 1.68. The average Bonchev–Trinajstić information content (AvgIpc) is 3.46. The Labute approximate surface area is 243 Å². The molecule has 1 saturated heterocycles. The lowest BCUT2D eigenvalue weighted by Crippen LogP contribution is -2.49. The largest absolute Gasteiger partial charge is 0.453 e. The lowest BCUT2D eigenvalue weighted by atomic mass is 9.78. The molecule has 7 nitrogen and oxygen atoms in total. The minimum absolute atomic E-state index is 0.352. The van der Waals surface area contributed by atoms with Gasteiger partial charge in [-0.3, -0.25) is 4.79 Å². The monoisotopic (exact) mass is 559 g/mol. The molecule has 1 heterocycles. The lowest BCUT2D eigenvalue weighted by Gasteiger charge is -2.39. The van der Waals surface area contributed by atoms with E-state index >= 15 is 0 Å². The summed E-state index contributed by atoms with van der Waals surface area (Å²) in [5, 5.41) is 12.6. The van der Waals surface area contributed by atoms with Crippen molar-refractivity contribution in [3.63, 3.8) is 0 Å². The van der Waals surface area contributed by atoms with Crippen LogP contribution in [0.25, 0.3) is 0 Å². The van der Waals surface area contributed by atoms with Crippen LogP contribution in [0.5, 0.6) is 0 Å². The molecule has 0 aromatic heterocycles. The van der Waals surface area contributed by atoms with Crippen molar-refractivity contribution in [2.75, 3.05) is 13.7 Å². The molecule has 3 aromatic carbocycles. The van der Waals surface area contributed by atoms with Crippen LogP contribution in [0.15, 0.2) is 91.0 Å². The summed E-state index contributed by atoms with van der Waals surface area (Å²) in [4.78, 5) is 28.6. The number of esters is 1. The number of hydrogen-bond acceptors (Lipinski definition) is 6. The summed E-state index contributed by atoms with van der Waals surface area (Å²) in [6.07, 6.45) is -0.663. The summed E-state index contributed by atoms with van der Waals surface area (Å²) in [7, 11) is 1.54. The van der Waals surface area contributed by atoms with E-state index in [-0.39, 0.29) is 6.04 Å². The number of aliphatic hydroxyl groups is 1. The van der Waals surface area contributed by atoms with Gasteiger partial charge in [0, 0.05) is 13.7 Å². The molecule has 4 rings (SSSR count). The molecule has 0 bridgehead atoms. The quantitative estimate of drug-likeness (QED) is 0.312. The van der Waals surface area contributed by atoms with E-state index in [9.17, 15) is 14.7 Å². The van der Waals surface area contributed by atoms with E-state index < -0.39 is 41.4 Å². The fraction of sp³-hybridized carbons (Fsp3) is 0.412. The highest BCUT2D eigenvalue weighted by molar-refractivity contribution is 5.74. The van der Waals surface area contributed by atoms with Gasteiger partial charge in [0.15, 0.2) is 11.7 Å². The van der Waals surface area contributed by atoms with Gasteiger partial charge in [-0.15, -0.1) is 0 Å². The number of ether oxygens (including phenoxy) is 3. The van der Waals surface area contributed by atoms with Gasteiger partial charge in [-0.2, -0.15) is 0 Å². The average molecular weight is 560 g/mol. The summed E-state index contributed by atoms with van der Waals surface area (Å²) >= 11 is 0. The maximum Gasteiger partial charge on any atom is 0.410 e. The Hall–Kier alpha value is -3.68. The second-order valence-corrected chi connectivity index (χ2v) is 11.6. The highest BCUT2D eigenvalue weighted by Gasteiger charge is 2.47. The van der Waals surface area contributed by atoms with Gasteiger partial charge in [-0.25, -0.2) is 4.79 Å². The van der Waals surface area contributed by atoms with Gasteiger partial charge in [-0.1, -0.05) is 91.0 Å². The maximum absolute atomic E-state index is 14.0. The molecular formula is C34H41NO6. The number of carbonyl (C=O) groups is 2. The van der Waals surface area contributed by atoms with Crippen LogP contribution in [-0.2, 0) is 24.6 Å². The molecule has 1 fully saturated rings. The zero-order chi connectivity index (χ0) is 29.6. The first-order valence-electron chi connectivity index (χ1n) is 14.2. The number of methoxy groups -OCH3 is 1. The molecule has 0 saturated carbocycles. The molecule has 41 heavy (non-hydrogen) atoms. The molecule has 4 atom stereocenters. The fourth-order valence-electron chi connectivity index (χ4n) is 5.61. The van der Waals surface area contributed by atoms with Crippen molar-refractivity contribution in [1.82, 2.24) is 4.90 Å². The Morgan fingerprint density at radius 3 is 1.88 bits per heavy atom. The van der Waals surface area contributed by atoms with Gasteiger partial charge < -0.3 is 24.2 Å². The molecule has 0 spiro atoms. The van der Waals surface area contributed by atoms with Crippen LogP contribution in [0.4, 0.5) is 4.79 Å². The van der Waals surface area contributed by atoms with Gasteiger partial charge in [0.2, 0.25) is 0 Å². The molecule has 3 aromatic rings. The van der Waals surface area contributed by atoms with Gasteiger partial charge in [0.25, 0.3) is 0 Å². The van der Waals surface area contributed by atoms with Crippen molar-refractivity contribution in [2.45, 2.75) is 70.0 Å². The standard InChI is InChI=1S/C34H41NO6/c1-24(29(39-5)28-22-15-23-35(28)32(37)41-33(2,3)4)31(36)40-30(25-16-9-6-10-17-25)34(38,26-18-11-7-12-19-26)27-20-13-8-14-21-27/h6-14,16-21,24,28-30,38H,15,22-23H2,1-5H3/t24-,28+,29+,30+/m1/s1. The summed E-state index contributed by atoms with van der Waals surface area (Å²) in [6.45, 7) is 7.75. The van der Waals surface area contributed by atoms with Crippen molar-refractivity contribution < 1.29 is 28.9 Å². The maximum atomic E-state index is 14.0. The summed E-state index contributed by atoms with van der Waals surface area (Å²) in [6, 6.07) is 27.4. The number of carbonyl (C=O) groups excluding carboxylic acids is 2. The number of likely N-dealkylation sites (tertiary alicyclic amines) is 1. The van der Waals surface area contributed by atoms with Crippen LogP contribution in [-0.4, -0.2) is 53.5 Å². The number of benzene rings is 3. The second kappa shape index (κ2) is 12.9. The lowest BCUT2D eigenvalue weighted by molar-refractivity contribution is -0.173. The molecule has 0 unspecified atom stereocenters. The summed E-state index contributed by atoms with van der Waals surface area (Å²) in [5.74, 6) is -1.28. The van der Waals surface area contributed by atoms with E-state index in [2.05, 4.69) is 0 Å². The fourth-order valence-corrected chi connectivity index (χ4v) is 5.61. The molecule has 1 aliphatic rings. The predicted molar refractivity (Wildman–Crippen MR) is 157 cm³/mol. The Morgan fingerprint density at radius 1 is 0.878 bits per heavy atom. The first-order chi connectivity index (χ1) is 19.6. The third-order valence-electron chi connectivity index (χ3n) is 7.59. The van der Waals surface area contributed by atoms with Crippen molar-refractivity contribution in [3.8, 4) is 0 Å². The zero-order valence-corrected chi connectivity index (χ0v) is 24.5. The van der Waals surface area contributed by atoms with Gasteiger partial charge in [0.05, 0.1) is 18.1 Å². The van der Waals surface area contributed by atoms with Crippen LogP contribution >= 0.6 is 0 Å². The highest BCUT2D eigenvalue weighted by atomic mass is 16.6. The topological polar surface area (TPSA) is 85.3 Å². The van der Waals surface area contributed by atoms with Gasteiger partial charge in [0.1, 0.15) is 5.60 Å². The van der Waals surface area contributed by atoms with Crippen molar-refractivity contribution in [1.29, 1.82) is 0 Å². The first-order valence-corrected chi connectivity index (χ1v) is 14.2. The summed E-state index contributed by atoms with van der Waals surface area (Å²) < 4.78 is 17.8. The number of rotatable bonds is 9. The molecule has 1 amide bonds. The molecule has 7 heteroatoms. The van der Waals surface area contributed by atoms with E-state index in [4.69, 9.17) is 14.2 Å². The minimum atomic E-state index is -1.68. The van der Waals surface area contributed by atoms with Crippen LogP contribution in [0.3, 0.4) is 0 Å². The van der Waals surface area contributed by atoms with E-state index in [1.54, 1.807) is 18.9 Å². The third kappa shape index (κ3) is 6.80. The predicted octanol–water partition coefficient (Wildman–Crippen LogP) is 6.26. The molecule has 1 aliphatic heterocycles. The van der Waals surface area contributed by atoms with Crippen LogP contribution in [0.2, 0.25) is 0 Å². The van der Waals surface area contributed by atoms with E-state index in [1.165, 1.54) is 0 Å². The van der Waals surface area contributed by atoms with E-state index in [1.807, 2.05) is 112 Å². The third-order valence-corrected chi connectivity index (χ3v) is 7.59. The van der Waals surface area contributed by atoms with Crippen LogP contribution in [0.1, 0.15) is 63.3 Å². The molecule has 0 aliphatic carbocycles. The summed E-state index contributed by atoms with van der Waals surface area (Å²) in [5.41, 5.74) is -0.489. The smallest absolute Gasteiger partial charge is 0.410 e. The normalized spacial score (nSPS) is 17.9. The number of amides is 1. The highest BCUT2D eigenvalue weighted by Crippen LogP contribution is 2.44. The zero-order valence-electron chi connectivity index (χ0n) is 24.5. The van der Waals surface area contributed by atoms with Crippen molar-refractivity contribution >= 4 is 12.1 Å². The Kier molecular flexibility index (Phi) is 9.51. The molecule has 1 N–H and O–H groups in total. The first kappa shape index (κ1) is 30.3. The van der Waals surface area contributed by atoms with Crippen molar-refractivity contribution in [3.05, 3.63) is 108 Å². The molecule has 0 radical (unpaired) electrons. The van der Waals surface area contributed by atoms with Gasteiger partial charge >= 0.3 is 12.1 Å². The van der Waals surface area contributed by atoms with Crippen molar-refractivity contribution in [2.24, 2.45) is 5.92 Å². The second-order valence-electron chi connectivity index (χ2n) is 11.6. The van der Waals surface area contributed by atoms with Crippen LogP contribution in [0, 0.1) is 5.92 Å². The Morgan fingerprint density at radius 2 is 1.39 bits per heavy atom. The van der Waals surface area contributed by atoms with E-state index in [0.717, 1.165) is 6.42 Å². The van der Waals surface area contributed by atoms with Gasteiger partial charge in [-0.05, 0) is 57.2 Å². The molecular weight excluding hydrogens is 518 g/mol. The SMILES string of the molecule is CO[C@@H]([C@@H](C)C(=O)O[C@@H](c1ccccc1)C(O)(c1ccccc1)c1ccccc1)[C@@H]1CCCN1C(=O)OC(C)(C)C. The number of nitrogens with zero attached hydrogens (tertiary/aromatic N) is 1. The van der Waals surface area contributed by atoms with Crippen LogP contribution < -0.4 is 0 Å². The van der Waals surface area contributed by atoms with E-state index in [0.29, 0.717) is 29.7 Å². The molecule has 218 valence electrons. The minimum Gasteiger partial charge on any atom is -0.453 e. The Bertz CT molecular complexity index is 1240.